The highest BCUT2D eigenvalue weighted by atomic mass is 32.2. The highest BCUT2D eigenvalue weighted by Gasteiger charge is 2.23. The predicted octanol–water partition coefficient (Wildman–Crippen LogP) is 0.301. The van der Waals surface area contributed by atoms with Crippen LogP contribution >= 0.6 is 11.8 Å². The van der Waals surface area contributed by atoms with Crippen LogP contribution < -0.4 is 0 Å². The molecule has 1 aliphatic heterocycles. The van der Waals surface area contributed by atoms with Crippen LogP contribution in [0.4, 0.5) is 0 Å². The van der Waals surface area contributed by atoms with Gasteiger partial charge in [0.15, 0.2) is 5.82 Å². The summed E-state index contributed by atoms with van der Waals surface area (Å²) < 4.78 is 3.45. The monoisotopic (exact) mass is 308 g/mol. The lowest BCUT2D eigenvalue weighted by atomic mass is 10.2. The molecule has 7 nitrogen and oxygen atoms in total. The first kappa shape index (κ1) is 14.6. The predicted molar refractivity (Wildman–Crippen MR) is 81.4 cm³/mol. The quantitative estimate of drug-likeness (QED) is 0.856. The second-order valence-electron chi connectivity index (χ2n) is 5.21. The summed E-state index contributed by atoms with van der Waals surface area (Å²) in [5, 5.41) is 21.9. The molecule has 8 heteroatoms. The van der Waals surface area contributed by atoms with Crippen LogP contribution in [0.2, 0.25) is 0 Å². The molecule has 1 N–H and O–H groups in total. The first-order valence-electron chi connectivity index (χ1n) is 7.10. The van der Waals surface area contributed by atoms with Crippen molar-refractivity contribution in [3.05, 3.63) is 24.2 Å². The molecule has 3 heterocycles. The van der Waals surface area contributed by atoms with E-state index in [0.717, 1.165) is 42.5 Å². The third-order valence-corrected chi connectivity index (χ3v) is 4.74. The summed E-state index contributed by atoms with van der Waals surface area (Å²) in [6, 6.07) is 2.33. The van der Waals surface area contributed by atoms with Gasteiger partial charge >= 0.3 is 0 Å². The van der Waals surface area contributed by atoms with Crippen molar-refractivity contribution in [1.82, 2.24) is 29.7 Å². The molecule has 0 spiro atoms. The van der Waals surface area contributed by atoms with E-state index >= 15 is 0 Å². The highest BCUT2D eigenvalue weighted by molar-refractivity contribution is 7.99. The van der Waals surface area contributed by atoms with Gasteiger partial charge in [-0.15, -0.1) is 5.10 Å². The fraction of sp³-hybridized carbons (Fsp3) is 0.615. The number of nitrogens with zero attached hydrogens (tertiary/aromatic N) is 6. The molecule has 0 bridgehead atoms. The molecule has 2 aromatic heterocycles. The molecule has 0 saturated carbocycles. The molecule has 3 rings (SSSR count). The maximum Gasteiger partial charge on any atom is 0.176 e. The maximum absolute atomic E-state index is 9.18. The number of rotatable bonds is 5. The summed E-state index contributed by atoms with van der Waals surface area (Å²) in [7, 11) is 1.88. The van der Waals surface area contributed by atoms with Crippen molar-refractivity contribution >= 4 is 11.8 Å². The Kier molecular flexibility index (Phi) is 4.57. The van der Waals surface area contributed by atoms with Gasteiger partial charge in [0.1, 0.15) is 0 Å². The molecule has 1 atom stereocenters. The second-order valence-corrected chi connectivity index (χ2v) is 6.36. The van der Waals surface area contributed by atoms with Crippen molar-refractivity contribution in [1.29, 1.82) is 0 Å². The van der Waals surface area contributed by atoms with E-state index in [0.29, 0.717) is 6.04 Å². The van der Waals surface area contributed by atoms with Crippen LogP contribution in [0.15, 0.2) is 18.5 Å². The number of hydrogen-bond acceptors (Lipinski definition) is 6. The minimum atomic E-state index is 0.238. The molecule has 0 amide bonds. The molecular formula is C13H20N6OS. The maximum atomic E-state index is 9.18. The summed E-state index contributed by atoms with van der Waals surface area (Å²) in [6.45, 7) is 2.05. The van der Waals surface area contributed by atoms with Crippen molar-refractivity contribution < 1.29 is 5.11 Å². The van der Waals surface area contributed by atoms with Gasteiger partial charge in [0, 0.05) is 56.6 Å². The minimum absolute atomic E-state index is 0.238. The normalized spacial score (nSPS) is 20.0. The van der Waals surface area contributed by atoms with Gasteiger partial charge < -0.3 is 5.11 Å². The Hall–Kier alpha value is -1.38. The fourth-order valence-electron chi connectivity index (χ4n) is 2.53. The number of aliphatic hydroxyl groups excluding tert-OH is 1. The van der Waals surface area contributed by atoms with Gasteiger partial charge in [-0.1, -0.05) is 5.21 Å². The van der Waals surface area contributed by atoms with Crippen LogP contribution in [-0.2, 0) is 13.6 Å². The number of aliphatic hydroxyl groups is 1. The van der Waals surface area contributed by atoms with Gasteiger partial charge in [-0.3, -0.25) is 9.58 Å². The average Bonchev–Trinajstić information content (AvgIpc) is 3.10. The molecule has 0 aliphatic carbocycles. The summed E-state index contributed by atoms with van der Waals surface area (Å²) >= 11 is 1.96. The number of thioether (sulfide) groups is 1. The molecule has 1 fully saturated rings. The lowest BCUT2D eigenvalue weighted by Crippen LogP contribution is -2.42. The second kappa shape index (κ2) is 6.59. The standard InChI is InChI=1S/C13H20N6OS/c1-17-4-2-13(15-17)19-9-11(14-16-19)8-18-5-7-21-10-12(18)3-6-20/h2,4,9,12,20H,3,5-8,10H2,1H3. The fourth-order valence-corrected chi connectivity index (χ4v) is 3.71. The van der Waals surface area contributed by atoms with Crippen LogP contribution in [0.5, 0.6) is 0 Å². The van der Waals surface area contributed by atoms with Gasteiger partial charge in [0.2, 0.25) is 0 Å². The molecule has 0 aromatic carbocycles. The van der Waals surface area contributed by atoms with Crippen molar-refractivity contribution in [3.8, 4) is 5.82 Å². The van der Waals surface area contributed by atoms with E-state index in [1.54, 1.807) is 9.36 Å². The molecule has 21 heavy (non-hydrogen) atoms. The van der Waals surface area contributed by atoms with Crippen molar-refractivity contribution in [3.63, 3.8) is 0 Å². The largest absolute Gasteiger partial charge is 0.396 e. The van der Waals surface area contributed by atoms with Crippen molar-refractivity contribution in [2.24, 2.45) is 7.05 Å². The first-order valence-corrected chi connectivity index (χ1v) is 8.25. The van der Waals surface area contributed by atoms with Crippen LogP contribution in [0.1, 0.15) is 12.1 Å². The van der Waals surface area contributed by atoms with Gasteiger partial charge in [-0.2, -0.15) is 16.9 Å². The Bertz CT molecular complexity index is 581. The van der Waals surface area contributed by atoms with Crippen LogP contribution in [0.3, 0.4) is 0 Å². The first-order chi connectivity index (χ1) is 10.3. The lowest BCUT2D eigenvalue weighted by Gasteiger charge is -2.34. The Balaban J connectivity index is 1.68. The molecule has 1 saturated heterocycles. The zero-order valence-corrected chi connectivity index (χ0v) is 12.9. The van der Waals surface area contributed by atoms with Crippen LogP contribution in [0, 0.1) is 0 Å². The lowest BCUT2D eigenvalue weighted by molar-refractivity contribution is 0.165. The highest BCUT2D eigenvalue weighted by Crippen LogP contribution is 2.20. The van der Waals surface area contributed by atoms with E-state index in [9.17, 15) is 5.11 Å². The van der Waals surface area contributed by atoms with Gasteiger partial charge in [-0.05, 0) is 6.42 Å². The topological polar surface area (TPSA) is 72.0 Å². The molecular weight excluding hydrogens is 288 g/mol. The van der Waals surface area contributed by atoms with E-state index in [1.807, 2.05) is 37.3 Å². The van der Waals surface area contributed by atoms with E-state index in [2.05, 4.69) is 20.3 Å². The zero-order chi connectivity index (χ0) is 14.7. The summed E-state index contributed by atoms with van der Waals surface area (Å²) in [5.41, 5.74) is 0.940. The molecule has 1 aliphatic rings. The zero-order valence-electron chi connectivity index (χ0n) is 12.1. The van der Waals surface area contributed by atoms with Gasteiger partial charge in [-0.25, -0.2) is 4.68 Å². The average molecular weight is 308 g/mol. The number of hydrogen-bond donors (Lipinski definition) is 1. The Morgan fingerprint density at radius 1 is 1.48 bits per heavy atom. The van der Waals surface area contributed by atoms with Crippen molar-refractivity contribution in [2.75, 3.05) is 24.7 Å². The van der Waals surface area contributed by atoms with Gasteiger partial charge in [0.25, 0.3) is 0 Å². The van der Waals surface area contributed by atoms with E-state index in [4.69, 9.17) is 0 Å². The third kappa shape index (κ3) is 3.45. The molecule has 1 unspecified atom stereocenters. The van der Waals surface area contributed by atoms with Gasteiger partial charge in [0.05, 0.1) is 11.9 Å². The molecule has 0 radical (unpaired) electrons. The summed E-state index contributed by atoms with van der Waals surface area (Å²) in [5.74, 6) is 2.99. The van der Waals surface area contributed by atoms with E-state index < -0.39 is 0 Å². The van der Waals surface area contributed by atoms with Crippen LogP contribution in [-0.4, -0.2) is 65.5 Å². The smallest absolute Gasteiger partial charge is 0.176 e. The Labute approximate surface area is 127 Å². The summed E-state index contributed by atoms with van der Waals surface area (Å²) in [4.78, 5) is 2.39. The number of aryl methyl sites for hydroxylation is 1. The molecule has 2 aromatic rings. The Morgan fingerprint density at radius 2 is 2.38 bits per heavy atom. The SMILES string of the molecule is Cn1ccc(-n2cc(CN3CCSCC3CCO)nn2)n1. The van der Waals surface area contributed by atoms with Crippen LogP contribution in [0.25, 0.3) is 5.82 Å². The molecule has 114 valence electrons. The van der Waals surface area contributed by atoms with E-state index in [1.165, 1.54) is 0 Å². The number of aromatic nitrogens is 5. The third-order valence-electron chi connectivity index (χ3n) is 3.65. The minimum Gasteiger partial charge on any atom is -0.396 e. The van der Waals surface area contributed by atoms with Crippen molar-refractivity contribution in [2.45, 2.75) is 19.0 Å². The van der Waals surface area contributed by atoms with E-state index in [-0.39, 0.29) is 6.61 Å². The Morgan fingerprint density at radius 3 is 3.14 bits per heavy atom. The summed E-state index contributed by atoms with van der Waals surface area (Å²) in [6.07, 6.45) is 4.64.